The van der Waals surface area contributed by atoms with E-state index in [1.54, 1.807) is 0 Å². The monoisotopic (exact) mass is 340 g/mol. The van der Waals surface area contributed by atoms with E-state index in [-0.39, 0.29) is 24.4 Å². The summed E-state index contributed by atoms with van der Waals surface area (Å²) in [5.74, 6) is 0.665. The molecule has 4 nitrogen and oxygen atoms in total. The lowest BCUT2D eigenvalue weighted by molar-refractivity contribution is 0.0942. The summed E-state index contributed by atoms with van der Waals surface area (Å²) < 4.78 is 6.08. The quantitative estimate of drug-likeness (QED) is 0.711. The molecule has 1 fully saturated rings. The van der Waals surface area contributed by atoms with Crippen molar-refractivity contribution in [2.45, 2.75) is 51.6 Å². The molecule has 5 heteroatoms. The Balaban J connectivity index is 0.00000264. The second-order valence-corrected chi connectivity index (χ2v) is 5.88. The van der Waals surface area contributed by atoms with Crippen LogP contribution in [0.4, 0.5) is 0 Å². The van der Waals surface area contributed by atoms with E-state index in [4.69, 9.17) is 4.74 Å². The largest absolute Gasteiger partial charge is 0.490 e. The van der Waals surface area contributed by atoms with Gasteiger partial charge in [0.1, 0.15) is 5.75 Å². The first-order chi connectivity index (χ1) is 10.8. The molecule has 1 aromatic rings. The second kappa shape index (κ2) is 11.3. The molecular weight excluding hydrogens is 312 g/mol. The fourth-order valence-corrected chi connectivity index (χ4v) is 2.78. The van der Waals surface area contributed by atoms with Crippen LogP contribution in [0.3, 0.4) is 0 Å². The third-order valence-electron chi connectivity index (χ3n) is 3.99. The van der Waals surface area contributed by atoms with Crippen LogP contribution >= 0.6 is 12.4 Å². The first-order valence-electron chi connectivity index (χ1n) is 8.56. The Labute approximate surface area is 145 Å². The molecule has 2 N–H and O–H groups in total. The van der Waals surface area contributed by atoms with Crippen LogP contribution in [0.25, 0.3) is 0 Å². The van der Waals surface area contributed by atoms with Crippen molar-refractivity contribution in [1.82, 2.24) is 10.6 Å². The maximum absolute atomic E-state index is 12.3. The number of amides is 1. The van der Waals surface area contributed by atoms with E-state index >= 15 is 0 Å². The molecular formula is C18H29ClN2O2. The Morgan fingerprint density at radius 1 is 1.13 bits per heavy atom. The molecule has 0 heterocycles. The molecule has 0 radical (unpaired) electrons. The van der Waals surface area contributed by atoms with Crippen molar-refractivity contribution in [3.8, 4) is 5.75 Å². The van der Waals surface area contributed by atoms with E-state index < -0.39 is 0 Å². The van der Waals surface area contributed by atoms with Gasteiger partial charge in [0.05, 0.1) is 11.7 Å². The highest BCUT2D eigenvalue weighted by Crippen LogP contribution is 2.25. The molecule has 0 bridgehead atoms. The van der Waals surface area contributed by atoms with Gasteiger partial charge in [0.15, 0.2) is 0 Å². The summed E-state index contributed by atoms with van der Waals surface area (Å²) in [7, 11) is 0. The zero-order chi connectivity index (χ0) is 15.6. The van der Waals surface area contributed by atoms with Crippen LogP contribution in [-0.4, -0.2) is 31.6 Å². The highest BCUT2D eigenvalue weighted by atomic mass is 35.5. The molecule has 23 heavy (non-hydrogen) atoms. The lowest BCUT2D eigenvalue weighted by Gasteiger charge is -2.24. The smallest absolute Gasteiger partial charge is 0.255 e. The van der Waals surface area contributed by atoms with E-state index in [1.165, 1.54) is 19.3 Å². The van der Waals surface area contributed by atoms with Crippen molar-refractivity contribution < 1.29 is 9.53 Å². The first-order valence-corrected chi connectivity index (χ1v) is 8.56. The van der Waals surface area contributed by atoms with Crippen molar-refractivity contribution >= 4 is 18.3 Å². The van der Waals surface area contributed by atoms with Gasteiger partial charge < -0.3 is 15.4 Å². The molecule has 0 aromatic heterocycles. The van der Waals surface area contributed by atoms with Gasteiger partial charge in [-0.25, -0.2) is 0 Å². The molecule has 0 aliphatic heterocycles. The molecule has 1 saturated carbocycles. The van der Waals surface area contributed by atoms with E-state index in [2.05, 4.69) is 17.6 Å². The molecule has 1 aromatic carbocycles. The minimum atomic E-state index is -0.0512. The van der Waals surface area contributed by atoms with Gasteiger partial charge in [-0.1, -0.05) is 25.5 Å². The standard InChI is InChI=1S/C18H28N2O2.ClH/c1-2-12-19-13-14-20-18(21)16-10-6-7-11-17(16)22-15-8-4-3-5-9-15;/h6-7,10-11,15,19H,2-5,8-9,12-14H2,1H3,(H,20,21);1H. The van der Waals surface area contributed by atoms with Gasteiger partial charge in [-0.3, -0.25) is 4.79 Å². The van der Waals surface area contributed by atoms with Crippen molar-refractivity contribution in [3.63, 3.8) is 0 Å². The molecule has 0 unspecified atom stereocenters. The molecule has 1 aliphatic carbocycles. The van der Waals surface area contributed by atoms with Crippen LogP contribution in [-0.2, 0) is 0 Å². The zero-order valence-corrected chi connectivity index (χ0v) is 14.8. The number of ether oxygens (including phenoxy) is 1. The van der Waals surface area contributed by atoms with Gasteiger partial charge in [0.2, 0.25) is 0 Å². The summed E-state index contributed by atoms with van der Waals surface area (Å²) >= 11 is 0. The molecule has 1 amide bonds. The maximum Gasteiger partial charge on any atom is 0.255 e. The van der Waals surface area contributed by atoms with Gasteiger partial charge in [-0.2, -0.15) is 0 Å². The van der Waals surface area contributed by atoms with E-state index in [9.17, 15) is 4.79 Å². The van der Waals surface area contributed by atoms with E-state index in [0.717, 1.165) is 32.4 Å². The van der Waals surface area contributed by atoms with Crippen molar-refractivity contribution in [3.05, 3.63) is 29.8 Å². The summed E-state index contributed by atoms with van der Waals surface area (Å²) in [5.41, 5.74) is 0.642. The number of carbonyl (C=O) groups excluding carboxylic acids is 1. The average molecular weight is 341 g/mol. The summed E-state index contributed by atoms with van der Waals surface area (Å²) in [5, 5.41) is 6.23. The van der Waals surface area contributed by atoms with Crippen LogP contribution in [0.1, 0.15) is 55.8 Å². The summed E-state index contributed by atoms with van der Waals surface area (Å²) in [4.78, 5) is 12.3. The van der Waals surface area contributed by atoms with Crippen LogP contribution in [0.2, 0.25) is 0 Å². The van der Waals surface area contributed by atoms with Crippen LogP contribution < -0.4 is 15.4 Å². The van der Waals surface area contributed by atoms with Gasteiger partial charge in [-0.15, -0.1) is 12.4 Å². The Morgan fingerprint density at radius 2 is 1.87 bits per heavy atom. The topological polar surface area (TPSA) is 50.4 Å². The molecule has 0 atom stereocenters. The minimum absolute atomic E-state index is 0. The highest BCUT2D eigenvalue weighted by molar-refractivity contribution is 5.96. The Bertz CT molecular complexity index is 462. The maximum atomic E-state index is 12.3. The van der Waals surface area contributed by atoms with Gasteiger partial charge in [0.25, 0.3) is 5.91 Å². The van der Waals surface area contributed by atoms with Crippen LogP contribution in [0.5, 0.6) is 5.75 Å². The predicted octanol–water partition coefficient (Wildman–Crippen LogP) is 3.55. The van der Waals surface area contributed by atoms with Crippen molar-refractivity contribution in [1.29, 1.82) is 0 Å². The number of hydrogen-bond donors (Lipinski definition) is 2. The van der Waals surface area contributed by atoms with Crippen LogP contribution in [0, 0.1) is 0 Å². The number of benzene rings is 1. The third-order valence-corrected chi connectivity index (χ3v) is 3.99. The molecule has 0 spiro atoms. The number of rotatable bonds is 8. The number of para-hydroxylation sites is 1. The SMILES string of the molecule is CCCNCCNC(=O)c1ccccc1OC1CCCCC1.Cl. The molecule has 1 aliphatic rings. The predicted molar refractivity (Wildman–Crippen MR) is 96.7 cm³/mol. The average Bonchev–Trinajstić information content (AvgIpc) is 2.56. The van der Waals surface area contributed by atoms with Gasteiger partial charge in [-0.05, 0) is 50.8 Å². The summed E-state index contributed by atoms with van der Waals surface area (Å²) in [6.07, 6.45) is 7.30. The molecule has 2 rings (SSSR count). The normalized spacial score (nSPS) is 14.8. The Kier molecular flexibility index (Phi) is 9.72. The first kappa shape index (κ1) is 19.8. The lowest BCUT2D eigenvalue weighted by atomic mass is 9.97. The van der Waals surface area contributed by atoms with E-state index in [0.29, 0.717) is 17.9 Å². The molecule has 0 saturated heterocycles. The third kappa shape index (κ3) is 6.80. The van der Waals surface area contributed by atoms with Crippen molar-refractivity contribution in [2.75, 3.05) is 19.6 Å². The summed E-state index contributed by atoms with van der Waals surface area (Å²) in [6.45, 7) is 4.55. The van der Waals surface area contributed by atoms with Crippen LogP contribution in [0.15, 0.2) is 24.3 Å². The summed E-state index contributed by atoms with van der Waals surface area (Å²) in [6, 6.07) is 7.56. The second-order valence-electron chi connectivity index (χ2n) is 5.88. The number of halogens is 1. The van der Waals surface area contributed by atoms with Crippen molar-refractivity contribution in [2.24, 2.45) is 0 Å². The zero-order valence-electron chi connectivity index (χ0n) is 14.0. The number of nitrogens with one attached hydrogen (secondary N) is 2. The van der Waals surface area contributed by atoms with E-state index in [1.807, 2.05) is 24.3 Å². The highest BCUT2D eigenvalue weighted by Gasteiger charge is 2.18. The Morgan fingerprint density at radius 3 is 2.61 bits per heavy atom. The lowest BCUT2D eigenvalue weighted by Crippen LogP contribution is -2.32. The minimum Gasteiger partial charge on any atom is -0.490 e. The number of hydrogen-bond acceptors (Lipinski definition) is 3. The Hall–Kier alpha value is -1.26. The van der Waals surface area contributed by atoms with Gasteiger partial charge in [0, 0.05) is 13.1 Å². The number of carbonyl (C=O) groups is 1. The fraction of sp³-hybridized carbons (Fsp3) is 0.611. The van der Waals surface area contributed by atoms with Gasteiger partial charge >= 0.3 is 0 Å². The molecule has 130 valence electrons. The fourth-order valence-electron chi connectivity index (χ4n) is 2.78.